The summed E-state index contributed by atoms with van der Waals surface area (Å²) in [5.74, 6) is -0.107. The first-order valence-corrected chi connectivity index (χ1v) is 8.61. The average molecular weight is 381 g/mol. The standard InChI is InChI=1S/C20H19N3O5/c24-12-11-14-9-10-19(26)20(13-14,15-5-1-3-7-17(15)23(27)28)22-21-16-6-2-4-8-18(16)25/h1-10,13,19,24-26H,11-12H2. The van der Waals surface area contributed by atoms with Gasteiger partial charge in [-0.2, -0.15) is 10.2 Å². The number of para-hydroxylation sites is 2. The van der Waals surface area contributed by atoms with Gasteiger partial charge in [-0.15, -0.1) is 0 Å². The van der Waals surface area contributed by atoms with Crippen molar-refractivity contribution in [1.82, 2.24) is 0 Å². The second-order valence-electron chi connectivity index (χ2n) is 6.29. The number of benzene rings is 2. The van der Waals surface area contributed by atoms with E-state index >= 15 is 0 Å². The molecule has 3 N–H and O–H groups in total. The summed E-state index contributed by atoms with van der Waals surface area (Å²) in [7, 11) is 0. The fourth-order valence-electron chi connectivity index (χ4n) is 3.10. The number of rotatable bonds is 6. The topological polar surface area (TPSA) is 129 Å². The summed E-state index contributed by atoms with van der Waals surface area (Å²) >= 11 is 0. The molecule has 2 atom stereocenters. The first kappa shape index (κ1) is 19.4. The van der Waals surface area contributed by atoms with E-state index in [9.17, 15) is 25.4 Å². The molecule has 0 aliphatic heterocycles. The van der Waals surface area contributed by atoms with E-state index in [4.69, 9.17) is 0 Å². The van der Waals surface area contributed by atoms with Crippen molar-refractivity contribution < 1.29 is 20.2 Å². The van der Waals surface area contributed by atoms with E-state index in [0.717, 1.165) is 0 Å². The van der Waals surface area contributed by atoms with Gasteiger partial charge >= 0.3 is 0 Å². The molecule has 0 fully saturated rings. The Hall–Kier alpha value is -3.36. The monoisotopic (exact) mass is 381 g/mol. The van der Waals surface area contributed by atoms with Crippen molar-refractivity contribution in [1.29, 1.82) is 0 Å². The lowest BCUT2D eigenvalue weighted by Crippen LogP contribution is -2.37. The lowest BCUT2D eigenvalue weighted by atomic mass is 9.79. The molecule has 3 rings (SSSR count). The molecule has 2 aromatic carbocycles. The molecule has 0 bridgehead atoms. The van der Waals surface area contributed by atoms with Crippen molar-refractivity contribution in [2.45, 2.75) is 18.1 Å². The highest BCUT2D eigenvalue weighted by molar-refractivity contribution is 5.53. The molecule has 0 spiro atoms. The Kier molecular flexibility index (Phi) is 5.62. The van der Waals surface area contributed by atoms with Crippen molar-refractivity contribution in [2.24, 2.45) is 10.2 Å². The summed E-state index contributed by atoms with van der Waals surface area (Å²) in [5.41, 5.74) is -0.814. The molecule has 0 saturated heterocycles. The number of phenolic OH excluding ortho intramolecular Hbond substituents is 1. The normalized spacial score (nSPS) is 21.6. The summed E-state index contributed by atoms with van der Waals surface area (Å²) in [4.78, 5) is 11.0. The molecule has 0 amide bonds. The zero-order valence-corrected chi connectivity index (χ0v) is 14.8. The fraction of sp³-hybridized carbons (Fsp3) is 0.200. The van der Waals surface area contributed by atoms with Crippen molar-refractivity contribution in [3.8, 4) is 5.75 Å². The summed E-state index contributed by atoms with van der Waals surface area (Å²) in [6.45, 7) is -0.129. The van der Waals surface area contributed by atoms with E-state index in [1.165, 1.54) is 36.4 Å². The summed E-state index contributed by atoms with van der Waals surface area (Å²) in [6.07, 6.45) is 3.73. The Morgan fingerprint density at radius 1 is 1.14 bits per heavy atom. The lowest BCUT2D eigenvalue weighted by Gasteiger charge is -2.32. The van der Waals surface area contributed by atoms with Gasteiger partial charge in [0.2, 0.25) is 0 Å². The summed E-state index contributed by atoms with van der Waals surface area (Å²) in [6, 6.07) is 12.3. The first-order valence-electron chi connectivity index (χ1n) is 8.61. The van der Waals surface area contributed by atoms with Gasteiger partial charge in [0.25, 0.3) is 5.69 Å². The predicted octanol–water partition coefficient (Wildman–Crippen LogP) is 3.52. The molecule has 1 aliphatic carbocycles. The number of phenols is 1. The number of allylic oxidation sites excluding steroid dienone is 1. The quantitative estimate of drug-likeness (QED) is 0.401. The maximum Gasteiger partial charge on any atom is 0.275 e. The van der Waals surface area contributed by atoms with Crippen LogP contribution in [0, 0.1) is 10.1 Å². The molecule has 2 aromatic rings. The minimum atomic E-state index is -1.58. The predicted molar refractivity (Wildman–Crippen MR) is 102 cm³/mol. The van der Waals surface area contributed by atoms with E-state index in [1.54, 1.807) is 30.4 Å². The molecule has 8 heteroatoms. The van der Waals surface area contributed by atoms with Crippen LogP contribution in [0.4, 0.5) is 11.4 Å². The molecular formula is C20H19N3O5. The highest BCUT2D eigenvalue weighted by Crippen LogP contribution is 2.42. The number of hydrogen-bond donors (Lipinski definition) is 3. The van der Waals surface area contributed by atoms with Crippen LogP contribution in [-0.4, -0.2) is 33.0 Å². The SMILES string of the molecule is O=[N+]([O-])c1ccccc1C1(N=Nc2ccccc2O)C=C(CCO)C=CC1O. The van der Waals surface area contributed by atoms with E-state index in [1.807, 2.05) is 0 Å². The third-order valence-corrected chi connectivity index (χ3v) is 4.49. The van der Waals surface area contributed by atoms with E-state index in [2.05, 4.69) is 10.2 Å². The highest BCUT2D eigenvalue weighted by Gasteiger charge is 2.43. The van der Waals surface area contributed by atoms with Crippen LogP contribution >= 0.6 is 0 Å². The van der Waals surface area contributed by atoms with Crippen LogP contribution in [0.5, 0.6) is 5.75 Å². The molecule has 1 aliphatic rings. The zero-order chi connectivity index (χ0) is 20.1. The van der Waals surface area contributed by atoms with Crippen LogP contribution in [0.15, 0.2) is 82.6 Å². The largest absolute Gasteiger partial charge is 0.506 e. The number of azo groups is 1. The van der Waals surface area contributed by atoms with Crippen molar-refractivity contribution in [3.63, 3.8) is 0 Å². The Bertz CT molecular complexity index is 970. The van der Waals surface area contributed by atoms with Crippen LogP contribution in [0.3, 0.4) is 0 Å². The Morgan fingerprint density at radius 2 is 1.86 bits per heavy atom. The molecule has 144 valence electrons. The van der Waals surface area contributed by atoms with Gasteiger partial charge in [0.1, 0.15) is 17.5 Å². The number of aliphatic hydroxyl groups excluding tert-OH is 2. The first-order chi connectivity index (χ1) is 13.5. The smallest absolute Gasteiger partial charge is 0.275 e. The van der Waals surface area contributed by atoms with Crippen LogP contribution in [0.1, 0.15) is 12.0 Å². The molecule has 0 saturated carbocycles. The lowest BCUT2D eigenvalue weighted by molar-refractivity contribution is -0.386. The van der Waals surface area contributed by atoms with Crippen LogP contribution in [0.2, 0.25) is 0 Å². The molecule has 0 radical (unpaired) electrons. The van der Waals surface area contributed by atoms with Gasteiger partial charge in [-0.25, -0.2) is 0 Å². The Balaban J connectivity index is 2.22. The third-order valence-electron chi connectivity index (χ3n) is 4.49. The van der Waals surface area contributed by atoms with Gasteiger partial charge in [-0.3, -0.25) is 10.1 Å². The Morgan fingerprint density at radius 3 is 2.57 bits per heavy atom. The van der Waals surface area contributed by atoms with Gasteiger partial charge < -0.3 is 15.3 Å². The maximum atomic E-state index is 11.6. The minimum absolute atomic E-state index is 0.107. The number of nitro groups is 1. The van der Waals surface area contributed by atoms with Crippen LogP contribution < -0.4 is 0 Å². The molecule has 0 aromatic heterocycles. The minimum Gasteiger partial charge on any atom is -0.506 e. The van der Waals surface area contributed by atoms with Crippen molar-refractivity contribution >= 4 is 11.4 Å². The van der Waals surface area contributed by atoms with E-state index in [0.29, 0.717) is 5.57 Å². The van der Waals surface area contributed by atoms with Crippen LogP contribution in [-0.2, 0) is 5.54 Å². The van der Waals surface area contributed by atoms with E-state index in [-0.39, 0.29) is 35.7 Å². The second kappa shape index (κ2) is 8.12. The third kappa shape index (κ3) is 3.68. The molecule has 8 nitrogen and oxygen atoms in total. The fourth-order valence-corrected chi connectivity index (χ4v) is 3.10. The van der Waals surface area contributed by atoms with Crippen LogP contribution in [0.25, 0.3) is 0 Å². The Labute approximate surface area is 161 Å². The van der Waals surface area contributed by atoms with Gasteiger partial charge in [0, 0.05) is 12.7 Å². The van der Waals surface area contributed by atoms with Gasteiger partial charge in [0.05, 0.1) is 10.5 Å². The number of aromatic hydroxyl groups is 1. The highest BCUT2D eigenvalue weighted by atomic mass is 16.6. The van der Waals surface area contributed by atoms with Gasteiger partial charge in [0.15, 0.2) is 5.54 Å². The summed E-state index contributed by atoms with van der Waals surface area (Å²) in [5, 5.41) is 49.9. The molecule has 0 heterocycles. The number of nitro benzene ring substituents is 1. The number of hydrogen-bond acceptors (Lipinski definition) is 7. The average Bonchev–Trinajstić information content (AvgIpc) is 2.69. The molecule has 2 unspecified atom stereocenters. The zero-order valence-electron chi connectivity index (χ0n) is 14.8. The maximum absolute atomic E-state index is 11.6. The molecule has 28 heavy (non-hydrogen) atoms. The number of aliphatic hydroxyl groups is 2. The van der Waals surface area contributed by atoms with Gasteiger partial charge in [-0.05, 0) is 36.3 Å². The van der Waals surface area contributed by atoms with Crippen molar-refractivity contribution in [2.75, 3.05) is 6.61 Å². The van der Waals surface area contributed by atoms with Crippen molar-refractivity contribution in [3.05, 3.63) is 88.0 Å². The van der Waals surface area contributed by atoms with E-state index < -0.39 is 16.6 Å². The second-order valence-corrected chi connectivity index (χ2v) is 6.29. The van der Waals surface area contributed by atoms with Gasteiger partial charge in [-0.1, -0.05) is 36.4 Å². The molecular weight excluding hydrogens is 362 g/mol. The number of nitrogens with zero attached hydrogens (tertiary/aromatic N) is 3. The summed E-state index contributed by atoms with van der Waals surface area (Å²) < 4.78 is 0.